The first-order chi connectivity index (χ1) is 30.4. The highest BCUT2D eigenvalue weighted by atomic mass is 16.3. The largest absolute Gasteiger partial charge is 0.456 e. The van der Waals surface area contributed by atoms with Crippen LogP contribution < -0.4 is 9.80 Å². The first kappa shape index (κ1) is 41.2. The predicted molar refractivity (Wildman–Crippen MR) is 259 cm³/mol. The number of para-hydroxylation sites is 2. The van der Waals surface area contributed by atoms with Gasteiger partial charge in [0.1, 0.15) is 17.0 Å². The Morgan fingerprint density at radius 3 is 1.85 bits per heavy atom. The fourth-order valence-corrected chi connectivity index (χ4v) is 9.30. The van der Waals surface area contributed by atoms with Crippen LogP contribution in [-0.2, 0) is 12.8 Å². The Bertz CT molecular complexity index is 2620. The molecule has 9 rings (SSSR count). The lowest BCUT2D eigenvalue weighted by atomic mass is 9.89. The second-order valence-corrected chi connectivity index (χ2v) is 17.9. The van der Waals surface area contributed by atoms with E-state index in [-0.39, 0.29) is 5.92 Å². The summed E-state index contributed by atoms with van der Waals surface area (Å²) in [6.07, 6.45) is 20.4. The third-order valence-corrected chi connectivity index (χ3v) is 12.7. The molecule has 62 heavy (non-hydrogen) atoms. The molecule has 0 amide bonds. The molecule has 0 saturated heterocycles. The highest BCUT2D eigenvalue weighted by molar-refractivity contribution is 6.07. The fourth-order valence-electron chi connectivity index (χ4n) is 9.30. The summed E-state index contributed by atoms with van der Waals surface area (Å²) in [6.45, 7) is 13.2. The van der Waals surface area contributed by atoms with E-state index in [1.54, 1.807) is 0 Å². The van der Waals surface area contributed by atoms with E-state index >= 15 is 0 Å². The van der Waals surface area contributed by atoms with Gasteiger partial charge in [-0.25, -0.2) is 4.98 Å². The lowest BCUT2D eigenvalue weighted by Crippen LogP contribution is -2.27. The average molecular weight is 823 g/mol. The van der Waals surface area contributed by atoms with Gasteiger partial charge in [-0.15, -0.1) is 0 Å². The smallest absolute Gasteiger partial charge is 0.144 e. The number of rotatable bonds is 18. The monoisotopic (exact) mass is 822 g/mol. The molecule has 2 aliphatic rings. The number of hydrogen-bond donors (Lipinski definition) is 0. The summed E-state index contributed by atoms with van der Waals surface area (Å²) in [5.41, 5.74) is 12.0. The van der Waals surface area contributed by atoms with Gasteiger partial charge in [0.05, 0.1) is 24.7 Å². The quantitative estimate of drug-likeness (QED) is 0.0804. The van der Waals surface area contributed by atoms with Crippen LogP contribution in [0.25, 0.3) is 39.0 Å². The van der Waals surface area contributed by atoms with Crippen LogP contribution in [0.4, 0.5) is 11.4 Å². The zero-order valence-electron chi connectivity index (χ0n) is 37.1. The lowest BCUT2D eigenvalue weighted by Gasteiger charge is -2.23. The number of hydrogen-bond acceptors (Lipinski definition) is 6. The number of furan rings is 1. The van der Waals surface area contributed by atoms with Crippen molar-refractivity contribution in [2.24, 2.45) is 0 Å². The summed E-state index contributed by atoms with van der Waals surface area (Å²) < 4.78 is 9.04. The van der Waals surface area contributed by atoms with Gasteiger partial charge in [0.25, 0.3) is 0 Å². The number of fused-ring (bicyclic) bond motifs is 3. The molecule has 5 aromatic carbocycles. The Morgan fingerprint density at radius 1 is 0.581 bits per heavy atom. The maximum atomic E-state index is 6.66. The Labute approximate surface area is 368 Å². The number of aryl methyl sites for hydroxylation is 2. The minimum atomic E-state index is 0.261. The molecule has 0 spiro atoms. The van der Waals surface area contributed by atoms with Gasteiger partial charge >= 0.3 is 0 Å². The maximum absolute atomic E-state index is 6.66. The summed E-state index contributed by atoms with van der Waals surface area (Å²) in [6, 6.07) is 41.4. The van der Waals surface area contributed by atoms with Crippen molar-refractivity contribution in [2.45, 2.75) is 90.9 Å². The number of aromatic nitrogens is 2. The van der Waals surface area contributed by atoms with Crippen LogP contribution in [0.1, 0.15) is 100 Å². The molecule has 2 aliphatic heterocycles. The van der Waals surface area contributed by atoms with Crippen molar-refractivity contribution in [3.05, 3.63) is 169 Å². The summed E-state index contributed by atoms with van der Waals surface area (Å²) >= 11 is 0. The summed E-state index contributed by atoms with van der Waals surface area (Å²) in [5.74, 6) is 1.59. The molecule has 0 saturated carbocycles. The van der Waals surface area contributed by atoms with Crippen molar-refractivity contribution in [1.29, 1.82) is 0 Å². The molecule has 7 nitrogen and oxygen atoms in total. The molecule has 7 aromatic rings. The first-order valence-electron chi connectivity index (χ1n) is 23.0. The number of benzene rings is 5. The molecule has 7 heteroatoms. The van der Waals surface area contributed by atoms with Gasteiger partial charge in [-0.3, -0.25) is 4.57 Å². The second kappa shape index (κ2) is 18.8. The molecule has 318 valence electrons. The second-order valence-electron chi connectivity index (χ2n) is 17.9. The van der Waals surface area contributed by atoms with Crippen LogP contribution in [0.2, 0.25) is 0 Å². The molecule has 0 N–H and O–H groups in total. The Kier molecular flexibility index (Phi) is 12.5. The highest BCUT2D eigenvalue weighted by Crippen LogP contribution is 2.43. The van der Waals surface area contributed by atoms with Crippen LogP contribution in [0.3, 0.4) is 0 Å². The molecular weight excluding hydrogens is 761 g/mol. The number of nitrogens with zero attached hydrogens (tertiary/aromatic N) is 6. The highest BCUT2D eigenvalue weighted by Gasteiger charge is 2.26. The SMILES string of the molecule is CC(C)c1cc2c(oc3ccccc32)c(C(C)C)c1-n1cc(CCCCCCc2ccc(N3C=CN(CCCCN4C=CN(c5ccccc5)C4)C3)cc2)nc1-c1ccccc1. The minimum Gasteiger partial charge on any atom is -0.456 e. The van der Waals surface area contributed by atoms with Crippen molar-refractivity contribution in [1.82, 2.24) is 19.4 Å². The lowest BCUT2D eigenvalue weighted by molar-refractivity contribution is 0.354. The van der Waals surface area contributed by atoms with Crippen molar-refractivity contribution in [3.8, 4) is 17.1 Å². The van der Waals surface area contributed by atoms with E-state index in [2.05, 4.69) is 198 Å². The van der Waals surface area contributed by atoms with Crippen molar-refractivity contribution < 1.29 is 4.42 Å². The topological polar surface area (TPSA) is 43.9 Å². The normalized spacial score (nSPS) is 14.0. The molecule has 0 fully saturated rings. The maximum Gasteiger partial charge on any atom is 0.144 e. The Morgan fingerprint density at radius 2 is 1.19 bits per heavy atom. The van der Waals surface area contributed by atoms with Gasteiger partial charge in [-0.05, 0) is 97.9 Å². The third-order valence-electron chi connectivity index (χ3n) is 12.7. The predicted octanol–water partition coefficient (Wildman–Crippen LogP) is 13.6. The summed E-state index contributed by atoms with van der Waals surface area (Å²) in [7, 11) is 0. The molecule has 0 radical (unpaired) electrons. The molecule has 0 atom stereocenters. The summed E-state index contributed by atoms with van der Waals surface area (Å²) in [4.78, 5) is 14.9. The fraction of sp³-hybridized carbons (Fsp3) is 0.327. The van der Waals surface area contributed by atoms with E-state index in [0.717, 1.165) is 73.9 Å². The van der Waals surface area contributed by atoms with Crippen LogP contribution in [-0.4, -0.2) is 45.8 Å². The van der Waals surface area contributed by atoms with Crippen molar-refractivity contribution >= 4 is 33.3 Å². The third kappa shape index (κ3) is 9.04. The molecule has 0 unspecified atom stereocenters. The van der Waals surface area contributed by atoms with Gasteiger partial charge in [0, 0.05) is 77.4 Å². The zero-order valence-corrected chi connectivity index (χ0v) is 37.1. The molecular formula is C55H62N6O. The minimum absolute atomic E-state index is 0.261. The van der Waals surface area contributed by atoms with Crippen LogP contribution in [0.5, 0.6) is 0 Å². The number of unbranched alkanes of at least 4 members (excludes halogenated alkanes) is 4. The van der Waals surface area contributed by atoms with E-state index in [0.29, 0.717) is 5.92 Å². The molecule has 2 aromatic heterocycles. The van der Waals surface area contributed by atoms with Crippen LogP contribution >= 0.6 is 0 Å². The first-order valence-corrected chi connectivity index (χ1v) is 23.0. The molecule has 0 bridgehead atoms. The standard InChI is InChI=1S/C55H62N6O/c1-41(2)49-37-50-48-25-15-16-26-51(48)62-54(50)52(42(3)4)53(49)61-38-45(56-55(61)44-20-10-7-11-21-44)22-12-6-5-9-19-43-27-29-47(30-28-43)60-36-34-58(40-60)32-18-17-31-57-33-35-59(39-57)46-23-13-8-14-24-46/h7-8,10-11,13-16,20-21,23-30,33-38,41-42H,5-6,9,12,17-19,22,31-32,39-40H2,1-4H3. The molecule has 0 aliphatic carbocycles. The Hall–Kier alpha value is -6.21. The Balaban J connectivity index is 0.766. The van der Waals surface area contributed by atoms with E-state index in [9.17, 15) is 0 Å². The van der Waals surface area contributed by atoms with E-state index in [4.69, 9.17) is 9.40 Å². The van der Waals surface area contributed by atoms with E-state index in [1.807, 2.05) is 0 Å². The van der Waals surface area contributed by atoms with Crippen LogP contribution in [0.15, 0.2) is 151 Å². The van der Waals surface area contributed by atoms with Gasteiger partial charge in [0.2, 0.25) is 0 Å². The van der Waals surface area contributed by atoms with E-state index in [1.165, 1.54) is 76.6 Å². The van der Waals surface area contributed by atoms with Gasteiger partial charge in [0.15, 0.2) is 0 Å². The number of imidazole rings is 1. The van der Waals surface area contributed by atoms with Gasteiger partial charge in [-0.2, -0.15) is 0 Å². The van der Waals surface area contributed by atoms with Crippen LogP contribution in [0, 0.1) is 0 Å². The average Bonchev–Trinajstić information content (AvgIpc) is 4.13. The molecule has 4 heterocycles. The summed E-state index contributed by atoms with van der Waals surface area (Å²) in [5, 5.41) is 2.38. The van der Waals surface area contributed by atoms with E-state index < -0.39 is 0 Å². The zero-order chi connectivity index (χ0) is 42.4. The van der Waals surface area contributed by atoms with Crippen molar-refractivity contribution in [3.63, 3.8) is 0 Å². The van der Waals surface area contributed by atoms with Gasteiger partial charge < -0.3 is 24.0 Å². The van der Waals surface area contributed by atoms with Crippen molar-refractivity contribution in [2.75, 3.05) is 36.2 Å². The van der Waals surface area contributed by atoms with Gasteiger partial charge in [-0.1, -0.05) is 119 Å². The number of anilines is 2.